The number of nitrogens with zero attached hydrogens (tertiary/aromatic N) is 4. The molecule has 1 fully saturated rings. The molecule has 1 heterocycles. The van der Waals surface area contributed by atoms with Crippen LogP contribution in [0.3, 0.4) is 0 Å². The molecule has 0 unspecified atom stereocenters. The Kier molecular flexibility index (Phi) is 6.69. The van der Waals surface area contributed by atoms with Crippen LogP contribution >= 0.6 is 12.2 Å². The highest BCUT2D eigenvalue weighted by molar-refractivity contribution is 7.80. The highest BCUT2D eigenvalue weighted by Crippen LogP contribution is 2.40. The van der Waals surface area contributed by atoms with Gasteiger partial charge in [-0.05, 0) is 61.8 Å². The van der Waals surface area contributed by atoms with Crippen LogP contribution < -0.4 is 15.1 Å². The van der Waals surface area contributed by atoms with Crippen LogP contribution in [0.4, 0.5) is 24.5 Å². The number of rotatable bonds is 5. The molecule has 1 N–H and O–H groups in total. The molecule has 1 aliphatic carbocycles. The molecule has 7 nitrogen and oxygen atoms in total. The van der Waals surface area contributed by atoms with E-state index in [1.165, 1.54) is 25.1 Å². The summed E-state index contributed by atoms with van der Waals surface area (Å²) < 4.78 is 40.2. The zero-order valence-corrected chi connectivity index (χ0v) is 18.6. The van der Waals surface area contributed by atoms with Crippen molar-refractivity contribution < 1.29 is 22.8 Å². The predicted molar refractivity (Wildman–Crippen MR) is 120 cm³/mol. The van der Waals surface area contributed by atoms with Gasteiger partial charge in [-0.2, -0.15) is 18.4 Å². The van der Waals surface area contributed by atoms with E-state index in [4.69, 9.17) is 17.5 Å². The second kappa shape index (κ2) is 9.15. The normalized spacial score (nSPS) is 14.4. The predicted octanol–water partition coefficient (Wildman–Crippen LogP) is 3.68. The summed E-state index contributed by atoms with van der Waals surface area (Å²) in [5.41, 5.74) is -1.93. The fourth-order valence-electron chi connectivity index (χ4n) is 3.60. The fourth-order valence-corrected chi connectivity index (χ4v) is 3.99. The molecule has 0 bridgehead atoms. The van der Waals surface area contributed by atoms with Crippen LogP contribution in [-0.2, 0) is 11.0 Å². The van der Waals surface area contributed by atoms with Crippen molar-refractivity contribution >= 4 is 40.9 Å². The van der Waals surface area contributed by atoms with Gasteiger partial charge in [0, 0.05) is 25.3 Å². The molecule has 1 aromatic heterocycles. The number of hydrogen-bond donors (Lipinski definition) is 1. The summed E-state index contributed by atoms with van der Waals surface area (Å²) in [7, 11) is 2.97. The number of amides is 1. The molecule has 0 atom stereocenters. The monoisotopic (exact) mass is 475 g/mol. The number of carbonyl (C=O) groups is 2. The Morgan fingerprint density at radius 3 is 2.36 bits per heavy atom. The summed E-state index contributed by atoms with van der Waals surface area (Å²) in [5.74, 6) is -0.287. The van der Waals surface area contributed by atoms with Crippen molar-refractivity contribution in [3.8, 4) is 6.07 Å². The number of aldehydes is 1. The van der Waals surface area contributed by atoms with Gasteiger partial charge in [-0.25, -0.2) is 4.98 Å². The molecule has 1 aromatic carbocycles. The molecule has 1 amide bonds. The van der Waals surface area contributed by atoms with Gasteiger partial charge in [-0.1, -0.05) is 0 Å². The third kappa shape index (κ3) is 4.52. The van der Waals surface area contributed by atoms with Crippen LogP contribution in [0, 0.1) is 11.3 Å². The van der Waals surface area contributed by atoms with Crippen molar-refractivity contribution in [2.75, 3.05) is 23.9 Å². The minimum Gasteiger partial charge on any atom is -0.355 e. The molecule has 11 heteroatoms. The molecule has 3 rings (SSSR count). The summed E-state index contributed by atoms with van der Waals surface area (Å²) in [5, 5.41) is 11.6. The Balaban J connectivity index is 2.03. The fraction of sp³-hybridized carbons (Fsp3) is 0.318. The van der Waals surface area contributed by atoms with Crippen molar-refractivity contribution in [2.45, 2.75) is 31.0 Å². The molecule has 0 spiro atoms. The Bertz CT molecular complexity index is 1120. The number of aromatic nitrogens is 1. The lowest BCUT2D eigenvalue weighted by atomic mass is 9.76. The summed E-state index contributed by atoms with van der Waals surface area (Å²) in [6.07, 6.45) is -1.04. The Morgan fingerprint density at radius 2 is 1.91 bits per heavy atom. The topological polar surface area (TPSA) is 89.3 Å². The standard InChI is InChI=1S/C22H20F3N5O2S/c1-27-19(32)14-4-6-15(7-5-14)30(21(13-31)8-3-9-21)20(33)29(2)16-10-17(22(23,24)25)18(11-26)28-12-16/h4-7,10,12-13H,3,8-9H2,1-2H3,(H,27,32). The maximum atomic E-state index is 13.4. The van der Waals surface area contributed by atoms with Gasteiger partial charge in [0.25, 0.3) is 5.91 Å². The van der Waals surface area contributed by atoms with Crippen LogP contribution in [0.5, 0.6) is 0 Å². The molecule has 1 saturated carbocycles. The largest absolute Gasteiger partial charge is 0.419 e. The summed E-state index contributed by atoms with van der Waals surface area (Å²) in [6, 6.07) is 8.66. The highest BCUT2D eigenvalue weighted by atomic mass is 32.1. The van der Waals surface area contributed by atoms with Gasteiger partial charge in [0.15, 0.2) is 10.8 Å². The van der Waals surface area contributed by atoms with Crippen molar-refractivity contribution in [3.05, 3.63) is 53.3 Å². The van der Waals surface area contributed by atoms with E-state index in [9.17, 15) is 22.8 Å². The second-order valence-electron chi connectivity index (χ2n) is 7.58. The molecule has 0 saturated heterocycles. The number of halogens is 3. The first-order valence-electron chi connectivity index (χ1n) is 9.91. The number of hydrogen-bond acceptors (Lipinski definition) is 5. The number of carbonyl (C=O) groups excluding carboxylic acids is 2. The third-order valence-electron chi connectivity index (χ3n) is 5.65. The minimum absolute atomic E-state index is 0.0127. The maximum Gasteiger partial charge on any atom is 0.419 e. The van der Waals surface area contributed by atoms with Gasteiger partial charge in [0.1, 0.15) is 17.9 Å². The van der Waals surface area contributed by atoms with Gasteiger partial charge >= 0.3 is 6.18 Å². The average Bonchev–Trinajstić information content (AvgIpc) is 2.79. The van der Waals surface area contributed by atoms with Gasteiger partial charge in [-0.15, -0.1) is 0 Å². The van der Waals surface area contributed by atoms with Crippen LogP contribution in [0.15, 0.2) is 36.5 Å². The first-order valence-corrected chi connectivity index (χ1v) is 10.3. The third-order valence-corrected chi connectivity index (χ3v) is 6.11. The molecular formula is C22H20F3N5O2S. The number of nitriles is 1. The number of thiocarbonyl (C=S) groups is 1. The molecule has 33 heavy (non-hydrogen) atoms. The van der Waals surface area contributed by atoms with Gasteiger partial charge in [-0.3, -0.25) is 4.79 Å². The van der Waals surface area contributed by atoms with E-state index in [1.54, 1.807) is 29.2 Å². The Morgan fingerprint density at radius 1 is 1.27 bits per heavy atom. The average molecular weight is 475 g/mol. The number of alkyl halides is 3. The smallest absolute Gasteiger partial charge is 0.355 e. The van der Waals surface area contributed by atoms with Crippen LogP contribution in [0.2, 0.25) is 0 Å². The molecule has 0 aliphatic heterocycles. The first kappa shape index (κ1) is 24.1. The number of anilines is 2. The lowest BCUT2D eigenvalue weighted by Gasteiger charge is -2.48. The SMILES string of the molecule is CNC(=O)c1ccc(N(C(=S)N(C)c2cnc(C#N)c(C(F)(F)F)c2)C2(C=O)CCC2)cc1. The molecule has 2 aromatic rings. The lowest BCUT2D eigenvalue weighted by molar-refractivity contribution is -0.138. The van der Waals surface area contributed by atoms with Gasteiger partial charge < -0.3 is 19.9 Å². The number of pyridine rings is 1. The Hall–Kier alpha value is -3.52. The zero-order chi connectivity index (χ0) is 24.4. The van der Waals surface area contributed by atoms with E-state index in [2.05, 4.69) is 10.3 Å². The number of nitrogens with one attached hydrogen (secondary N) is 1. The summed E-state index contributed by atoms with van der Waals surface area (Å²) in [6.45, 7) is 0. The molecule has 0 radical (unpaired) electrons. The van der Waals surface area contributed by atoms with E-state index in [-0.39, 0.29) is 16.7 Å². The molecule has 1 aliphatic rings. The van der Waals surface area contributed by atoms with Crippen molar-refractivity contribution in [3.63, 3.8) is 0 Å². The molecule has 172 valence electrons. The van der Waals surface area contributed by atoms with Crippen LogP contribution in [0.25, 0.3) is 0 Å². The van der Waals surface area contributed by atoms with Crippen molar-refractivity contribution in [1.82, 2.24) is 10.3 Å². The van der Waals surface area contributed by atoms with E-state index in [0.29, 0.717) is 24.1 Å². The van der Waals surface area contributed by atoms with Crippen molar-refractivity contribution in [2.24, 2.45) is 0 Å². The van der Waals surface area contributed by atoms with E-state index in [0.717, 1.165) is 25.0 Å². The first-order chi connectivity index (χ1) is 15.6. The highest BCUT2D eigenvalue weighted by Gasteiger charge is 2.45. The van der Waals surface area contributed by atoms with Crippen molar-refractivity contribution in [1.29, 1.82) is 5.26 Å². The van der Waals surface area contributed by atoms with Crippen LogP contribution in [0.1, 0.15) is 40.9 Å². The minimum atomic E-state index is -4.77. The lowest BCUT2D eigenvalue weighted by Crippen LogP contribution is -2.60. The quantitative estimate of drug-likeness (QED) is 0.521. The van der Waals surface area contributed by atoms with Crippen LogP contribution in [-0.4, -0.2) is 41.9 Å². The van der Waals surface area contributed by atoms with E-state index >= 15 is 0 Å². The van der Waals surface area contributed by atoms with E-state index in [1.807, 2.05) is 0 Å². The summed E-state index contributed by atoms with van der Waals surface area (Å²) >= 11 is 5.62. The van der Waals surface area contributed by atoms with Gasteiger partial charge in [0.05, 0.1) is 17.4 Å². The van der Waals surface area contributed by atoms with Gasteiger partial charge in [0.2, 0.25) is 0 Å². The second-order valence-corrected chi connectivity index (χ2v) is 7.94. The Labute approximate surface area is 193 Å². The molecular weight excluding hydrogens is 455 g/mol. The maximum absolute atomic E-state index is 13.4. The zero-order valence-electron chi connectivity index (χ0n) is 17.8. The number of benzene rings is 1. The summed E-state index contributed by atoms with van der Waals surface area (Å²) in [4.78, 5) is 30.5. The van der Waals surface area contributed by atoms with E-state index < -0.39 is 23.0 Å².